The van der Waals surface area contributed by atoms with Gasteiger partial charge in [-0.15, -0.1) is 0 Å². The Balaban J connectivity index is 1.66. The zero-order valence-corrected chi connectivity index (χ0v) is 21.4. The molecule has 3 aromatic carbocycles. The maximum atomic E-state index is 13.0. The third-order valence-corrected chi connectivity index (χ3v) is 7.72. The molecule has 1 N–H and O–H groups in total. The zero-order chi connectivity index (χ0) is 25.9. The molecule has 36 heavy (non-hydrogen) atoms. The Morgan fingerprint density at radius 1 is 1.03 bits per heavy atom. The van der Waals surface area contributed by atoms with Gasteiger partial charge in [0.25, 0.3) is 15.9 Å². The average molecular weight is 526 g/mol. The molecule has 0 fully saturated rings. The largest absolute Gasteiger partial charge is 0.497 e. The molecule has 0 spiro atoms. The Labute approximate surface area is 211 Å². The second-order valence-electron chi connectivity index (χ2n) is 7.80. The van der Waals surface area contributed by atoms with Crippen LogP contribution in [0.1, 0.15) is 15.9 Å². The quantitative estimate of drug-likeness (QED) is 0.368. The van der Waals surface area contributed by atoms with E-state index in [-0.39, 0.29) is 22.7 Å². The molecular formula is C25H23N3O6S2. The summed E-state index contributed by atoms with van der Waals surface area (Å²) in [6.45, 7) is 1.84. The fraction of sp³-hybridized carbons (Fsp3) is 0.160. The summed E-state index contributed by atoms with van der Waals surface area (Å²) in [5.41, 5.74) is 2.18. The van der Waals surface area contributed by atoms with Crippen LogP contribution in [0.5, 0.6) is 5.75 Å². The smallest absolute Gasteiger partial charge is 0.325 e. The number of hydrogen-bond acceptors (Lipinski definition) is 7. The average Bonchev–Trinajstić information content (AvgIpc) is 3.19. The number of fused-ring (bicyclic) bond motifs is 1. The van der Waals surface area contributed by atoms with Gasteiger partial charge in [0.15, 0.2) is 4.80 Å². The Bertz CT molecular complexity index is 1620. The van der Waals surface area contributed by atoms with Gasteiger partial charge in [-0.2, -0.15) is 4.99 Å². The molecule has 0 radical (unpaired) electrons. The van der Waals surface area contributed by atoms with E-state index in [0.717, 1.165) is 15.8 Å². The van der Waals surface area contributed by atoms with Crippen LogP contribution >= 0.6 is 11.3 Å². The molecule has 186 valence electrons. The van der Waals surface area contributed by atoms with Crippen LogP contribution in [0.4, 0.5) is 5.69 Å². The monoisotopic (exact) mass is 525 g/mol. The first-order valence-electron chi connectivity index (χ1n) is 10.7. The molecule has 0 unspecified atom stereocenters. The van der Waals surface area contributed by atoms with E-state index >= 15 is 0 Å². The van der Waals surface area contributed by atoms with Gasteiger partial charge in [-0.3, -0.25) is 14.3 Å². The number of thiazole rings is 1. The number of methoxy groups -OCH3 is 2. The number of esters is 1. The number of amides is 1. The summed E-state index contributed by atoms with van der Waals surface area (Å²) in [4.78, 5) is 29.7. The van der Waals surface area contributed by atoms with Crippen molar-refractivity contribution in [3.63, 3.8) is 0 Å². The summed E-state index contributed by atoms with van der Waals surface area (Å²) in [6.07, 6.45) is 0. The lowest BCUT2D eigenvalue weighted by Crippen LogP contribution is -2.22. The fourth-order valence-corrected chi connectivity index (χ4v) is 5.62. The Hall–Kier alpha value is -3.96. The van der Waals surface area contributed by atoms with Crippen molar-refractivity contribution in [2.75, 3.05) is 18.9 Å². The van der Waals surface area contributed by atoms with Crippen molar-refractivity contribution in [3.8, 4) is 5.75 Å². The summed E-state index contributed by atoms with van der Waals surface area (Å²) in [5.74, 6) is -0.523. The van der Waals surface area contributed by atoms with Crippen molar-refractivity contribution < 1.29 is 27.5 Å². The lowest BCUT2D eigenvalue weighted by molar-refractivity contribution is -0.141. The lowest BCUT2D eigenvalue weighted by Gasteiger charge is -2.09. The molecule has 0 atom stereocenters. The van der Waals surface area contributed by atoms with Crippen LogP contribution in [-0.4, -0.2) is 39.1 Å². The fourth-order valence-electron chi connectivity index (χ4n) is 3.45. The topological polar surface area (TPSA) is 116 Å². The molecule has 4 rings (SSSR count). The molecule has 0 saturated heterocycles. The van der Waals surface area contributed by atoms with E-state index in [2.05, 4.69) is 9.71 Å². The van der Waals surface area contributed by atoms with Crippen molar-refractivity contribution in [1.29, 1.82) is 0 Å². The maximum Gasteiger partial charge on any atom is 0.325 e. The van der Waals surface area contributed by atoms with E-state index in [1.54, 1.807) is 28.8 Å². The van der Waals surface area contributed by atoms with Gasteiger partial charge in [0.1, 0.15) is 12.3 Å². The Kier molecular flexibility index (Phi) is 7.22. The Morgan fingerprint density at radius 2 is 1.78 bits per heavy atom. The summed E-state index contributed by atoms with van der Waals surface area (Å²) >= 11 is 1.27. The highest BCUT2D eigenvalue weighted by Gasteiger charge is 2.16. The van der Waals surface area contributed by atoms with Crippen molar-refractivity contribution in [2.24, 2.45) is 4.99 Å². The predicted octanol–water partition coefficient (Wildman–Crippen LogP) is 3.73. The molecule has 0 bridgehead atoms. The van der Waals surface area contributed by atoms with Crippen molar-refractivity contribution >= 4 is 49.1 Å². The van der Waals surface area contributed by atoms with E-state index in [9.17, 15) is 18.0 Å². The van der Waals surface area contributed by atoms with E-state index in [0.29, 0.717) is 10.6 Å². The van der Waals surface area contributed by atoms with E-state index in [4.69, 9.17) is 9.47 Å². The van der Waals surface area contributed by atoms with Crippen molar-refractivity contribution in [2.45, 2.75) is 18.4 Å². The molecule has 1 heterocycles. The molecular weight excluding hydrogens is 502 g/mol. The number of sulfonamides is 1. The SMILES string of the molecule is COC(=O)Cn1c(=NC(=O)c2cccc(NS(=O)(=O)c3ccc(OC)cc3)c2)sc2cc(C)ccc21. The number of aromatic nitrogens is 1. The number of carbonyl (C=O) groups is 2. The van der Waals surface area contributed by atoms with E-state index < -0.39 is 21.9 Å². The highest BCUT2D eigenvalue weighted by Crippen LogP contribution is 2.21. The molecule has 4 aromatic rings. The highest BCUT2D eigenvalue weighted by molar-refractivity contribution is 7.92. The third-order valence-electron chi connectivity index (χ3n) is 5.28. The van der Waals surface area contributed by atoms with E-state index in [1.807, 2.05) is 25.1 Å². The first kappa shape index (κ1) is 25.1. The molecule has 0 saturated carbocycles. The molecule has 0 aliphatic rings. The van der Waals surface area contributed by atoms with Gasteiger partial charge < -0.3 is 14.0 Å². The normalized spacial score (nSPS) is 11.9. The van der Waals surface area contributed by atoms with Gasteiger partial charge in [-0.25, -0.2) is 8.42 Å². The number of anilines is 1. The van der Waals surface area contributed by atoms with Gasteiger partial charge in [0.05, 0.1) is 29.3 Å². The van der Waals surface area contributed by atoms with Crippen LogP contribution in [0.3, 0.4) is 0 Å². The summed E-state index contributed by atoms with van der Waals surface area (Å²) in [7, 11) is -1.10. The van der Waals surface area contributed by atoms with Crippen LogP contribution in [0.25, 0.3) is 10.2 Å². The number of benzene rings is 3. The number of nitrogens with zero attached hydrogens (tertiary/aromatic N) is 2. The summed E-state index contributed by atoms with van der Waals surface area (Å²) in [6, 6.07) is 17.7. The number of aryl methyl sites for hydroxylation is 1. The van der Waals surface area contributed by atoms with Crippen LogP contribution in [-0.2, 0) is 26.1 Å². The van der Waals surface area contributed by atoms with E-state index in [1.165, 1.54) is 49.8 Å². The summed E-state index contributed by atoms with van der Waals surface area (Å²) in [5, 5.41) is 0. The van der Waals surface area contributed by atoms with Gasteiger partial charge in [0.2, 0.25) is 0 Å². The number of hydrogen-bond donors (Lipinski definition) is 1. The predicted molar refractivity (Wildman–Crippen MR) is 137 cm³/mol. The first-order valence-corrected chi connectivity index (χ1v) is 13.0. The summed E-state index contributed by atoms with van der Waals surface area (Å²) < 4.78 is 40.4. The van der Waals surface area contributed by atoms with Crippen LogP contribution in [0.15, 0.2) is 76.6 Å². The maximum absolute atomic E-state index is 13.0. The van der Waals surface area contributed by atoms with Gasteiger partial charge >= 0.3 is 5.97 Å². The minimum absolute atomic E-state index is 0.0501. The molecule has 9 nitrogen and oxygen atoms in total. The molecule has 1 aromatic heterocycles. The third kappa shape index (κ3) is 5.47. The number of carbonyl (C=O) groups excluding carboxylic acids is 2. The number of rotatable bonds is 7. The van der Waals surface area contributed by atoms with Crippen LogP contribution in [0.2, 0.25) is 0 Å². The molecule has 1 amide bonds. The van der Waals surface area contributed by atoms with Gasteiger partial charge in [-0.1, -0.05) is 23.5 Å². The Morgan fingerprint density at radius 3 is 2.47 bits per heavy atom. The highest BCUT2D eigenvalue weighted by atomic mass is 32.2. The minimum atomic E-state index is -3.89. The van der Waals surface area contributed by atoms with Crippen LogP contribution < -0.4 is 14.3 Å². The molecule has 0 aliphatic carbocycles. The lowest BCUT2D eigenvalue weighted by atomic mass is 10.2. The second kappa shape index (κ2) is 10.3. The second-order valence-corrected chi connectivity index (χ2v) is 10.5. The molecule has 0 aliphatic heterocycles. The molecule has 11 heteroatoms. The number of nitrogens with one attached hydrogen (secondary N) is 1. The van der Waals surface area contributed by atoms with Crippen molar-refractivity contribution in [3.05, 3.63) is 82.7 Å². The van der Waals surface area contributed by atoms with Gasteiger partial charge in [-0.05, 0) is 67.1 Å². The standard InChI is InChI=1S/C25H23N3O6S2/c1-16-7-12-21-22(13-16)35-25(28(21)15-23(29)34-3)26-24(30)17-5-4-6-18(14-17)27-36(31,32)20-10-8-19(33-2)9-11-20/h4-14,27H,15H2,1-3H3. The number of ether oxygens (including phenoxy) is 2. The first-order chi connectivity index (χ1) is 17.2. The zero-order valence-electron chi connectivity index (χ0n) is 19.7. The van der Waals surface area contributed by atoms with Gasteiger partial charge in [0, 0.05) is 11.3 Å². The van der Waals surface area contributed by atoms with Crippen LogP contribution in [0, 0.1) is 6.92 Å². The minimum Gasteiger partial charge on any atom is -0.497 e. The van der Waals surface area contributed by atoms with Crippen molar-refractivity contribution in [1.82, 2.24) is 4.57 Å².